The summed E-state index contributed by atoms with van der Waals surface area (Å²) in [6.45, 7) is 1.85. The predicted molar refractivity (Wildman–Crippen MR) is 61.6 cm³/mol. The summed E-state index contributed by atoms with van der Waals surface area (Å²) in [5, 5.41) is 2.58. The molecule has 90 valence electrons. The summed E-state index contributed by atoms with van der Waals surface area (Å²) in [6, 6.07) is 6.16. The zero-order valence-electron chi connectivity index (χ0n) is 9.47. The molecule has 4 heteroatoms. The van der Waals surface area contributed by atoms with Crippen LogP contribution in [0.4, 0.5) is 8.78 Å². The maximum atomic E-state index is 12.6. The molecule has 1 aromatic carbocycles. The van der Waals surface area contributed by atoms with Crippen LogP contribution in [0.15, 0.2) is 24.3 Å². The summed E-state index contributed by atoms with van der Waals surface area (Å²) in [4.78, 5) is 10.6. The molecule has 0 bridgehead atoms. The van der Waals surface area contributed by atoms with Crippen LogP contribution in [0.2, 0.25) is 0 Å². The number of hydrogen-bond acceptors (Lipinski definition) is 1. The molecule has 0 aliphatic rings. The van der Waals surface area contributed by atoms with Crippen LogP contribution in [0.1, 0.15) is 30.9 Å². The van der Waals surface area contributed by atoms with Crippen LogP contribution >= 0.6 is 0 Å². The van der Waals surface area contributed by atoms with Crippen molar-refractivity contribution in [2.45, 2.75) is 19.8 Å². The van der Waals surface area contributed by atoms with Crippen molar-refractivity contribution >= 4 is 5.91 Å². The molecule has 0 radical (unpaired) electrons. The average Bonchev–Trinajstić information content (AvgIpc) is 2.28. The van der Waals surface area contributed by atoms with Gasteiger partial charge in [-0.05, 0) is 6.07 Å². The lowest BCUT2D eigenvalue weighted by Gasteiger charge is -2.01. The minimum absolute atomic E-state index is 0.0560. The molecule has 0 saturated heterocycles. The fourth-order valence-corrected chi connectivity index (χ4v) is 1.26. The molecule has 0 atom stereocenters. The van der Waals surface area contributed by atoms with Gasteiger partial charge in [-0.3, -0.25) is 4.79 Å². The highest BCUT2D eigenvalue weighted by Crippen LogP contribution is 2.21. The Bertz CT molecular complexity index is 446. The molecule has 0 fully saturated rings. The maximum absolute atomic E-state index is 12.6. The summed E-state index contributed by atoms with van der Waals surface area (Å²) in [6.07, 6.45) is -2.08. The highest BCUT2D eigenvalue weighted by atomic mass is 19.3. The van der Waals surface area contributed by atoms with Crippen LogP contribution in [-0.2, 0) is 4.79 Å². The largest absolute Gasteiger partial charge is 0.355 e. The third-order valence-corrected chi connectivity index (χ3v) is 2.04. The first-order valence-corrected chi connectivity index (χ1v) is 5.21. The summed E-state index contributed by atoms with van der Waals surface area (Å²) in [5.41, 5.74) is 0.282. The topological polar surface area (TPSA) is 29.1 Å². The van der Waals surface area contributed by atoms with Crippen molar-refractivity contribution in [3.05, 3.63) is 35.4 Å². The van der Waals surface area contributed by atoms with Gasteiger partial charge in [0.15, 0.2) is 0 Å². The van der Waals surface area contributed by atoms with Crippen molar-refractivity contribution in [3.63, 3.8) is 0 Å². The number of carbonyl (C=O) groups excluding carboxylic acids is 1. The Balaban J connectivity index is 2.62. The molecule has 0 unspecified atom stereocenters. The highest BCUT2D eigenvalue weighted by molar-refractivity contribution is 5.72. The quantitative estimate of drug-likeness (QED) is 0.635. The SMILES string of the molecule is CC(=O)NCCC#Cc1ccccc1C(F)F. The van der Waals surface area contributed by atoms with E-state index in [2.05, 4.69) is 17.2 Å². The second-order valence-electron chi connectivity index (χ2n) is 3.42. The molecule has 0 spiro atoms. The van der Waals surface area contributed by atoms with Crippen LogP contribution in [0.3, 0.4) is 0 Å². The van der Waals surface area contributed by atoms with Gasteiger partial charge in [0.05, 0.1) is 0 Å². The molecule has 1 aromatic rings. The van der Waals surface area contributed by atoms with E-state index in [0.717, 1.165) is 0 Å². The Morgan fingerprint density at radius 3 is 2.76 bits per heavy atom. The van der Waals surface area contributed by atoms with Crippen molar-refractivity contribution in [2.24, 2.45) is 0 Å². The zero-order chi connectivity index (χ0) is 12.7. The third kappa shape index (κ3) is 4.64. The van der Waals surface area contributed by atoms with E-state index < -0.39 is 6.43 Å². The maximum Gasteiger partial charge on any atom is 0.265 e. The third-order valence-electron chi connectivity index (χ3n) is 2.04. The standard InChI is InChI=1S/C13H13F2NO/c1-10(17)16-9-5-4-7-11-6-2-3-8-12(11)13(14)15/h2-3,6,8,13H,5,9H2,1H3,(H,16,17). The highest BCUT2D eigenvalue weighted by Gasteiger charge is 2.09. The zero-order valence-corrected chi connectivity index (χ0v) is 9.47. The lowest BCUT2D eigenvalue weighted by atomic mass is 10.1. The van der Waals surface area contributed by atoms with E-state index in [9.17, 15) is 13.6 Å². The van der Waals surface area contributed by atoms with Crippen molar-refractivity contribution in [1.82, 2.24) is 5.32 Å². The molecule has 1 amide bonds. The lowest BCUT2D eigenvalue weighted by Crippen LogP contribution is -2.20. The van der Waals surface area contributed by atoms with Crippen molar-refractivity contribution < 1.29 is 13.6 Å². The number of nitrogens with one attached hydrogen (secondary N) is 1. The van der Waals surface area contributed by atoms with E-state index in [-0.39, 0.29) is 11.5 Å². The van der Waals surface area contributed by atoms with Crippen LogP contribution < -0.4 is 5.32 Å². The van der Waals surface area contributed by atoms with Gasteiger partial charge in [0, 0.05) is 31.0 Å². The second-order valence-corrected chi connectivity index (χ2v) is 3.42. The van der Waals surface area contributed by atoms with Gasteiger partial charge in [0.2, 0.25) is 5.91 Å². The normalized spacial score (nSPS) is 9.65. The number of halogens is 2. The molecule has 0 aromatic heterocycles. The van der Waals surface area contributed by atoms with E-state index in [4.69, 9.17) is 0 Å². The van der Waals surface area contributed by atoms with Crippen molar-refractivity contribution in [2.75, 3.05) is 6.54 Å². The van der Waals surface area contributed by atoms with Crippen LogP contribution in [0, 0.1) is 11.8 Å². The first kappa shape index (κ1) is 13.2. The minimum atomic E-state index is -2.52. The van der Waals surface area contributed by atoms with E-state index in [1.54, 1.807) is 18.2 Å². The smallest absolute Gasteiger partial charge is 0.265 e. The van der Waals surface area contributed by atoms with Gasteiger partial charge < -0.3 is 5.32 Å². The van der Waals surface area contributed by atoms with Crippen LogP contribution in [0.5, 0.6) is 0 Å². The minimum Gasteiger partial charge on any atom is -0.355 e. The van der Waals surface area contributed by atoms with Gasteiger partial charge in [-0.15, -0.1) is 0 Å². The summed E-state index contributed by atoms with van der Waals surface area (Å²) >= 11 is 0. The van der Waals surface area contributed by atoms with Gasteiger partial charge in [0.1, 0.15) is 0 Å². The fourth-order valence-electron chi connectivity index (χ4n) is 1.26. The number of carbonyl (C=O) groups is 1. The summed E-state index contributed by atoms with van der Waals surface area (Å²) in [7, 11) is 0. The molecule has 0 aliphatic heterocycles. The monoisotopic (exact) mass is 237 g/mol. The average molecular weight is 237 g/mol. The van der Waals surface area contributed by atoms with E-state index in [1.807, 2.05) is 0 Å². The van der Waals surface area contributed by atoms with Gasteiger partial charge in [-0.1, -0.05) is 30.0 Å². The molecule has 2 nitrogen and oxygen atoms in total. The van der Waals surface area contributed by atoms with E-state index >= 15 is 0 Å². The van der Waals surface area contributed by atoms with Gasteiger partial charge in [0.25, 0.3) is 6.43 Å². The molecular formula is C13H13F2NO. The first-order valence-electron chi connectivity index (χ1n) is 5.21. The molecule has 1 N–H and O–H groups in total. The van der Waals surface area contributed by atoms with Crippen molar-refractivity contribution in [1.29, 1.82) is 0 Å². The molecular weight excluding hydrogens is 224 g/mol. The Morgan fingerprint density at radius 1 is 1.41 bits per heavy atom. The molecule has 1 rings (SSSR count). The number of alkyl halides is 2. The Kier molecular flexibility index (Phi) is 5.15. The predicted octanol–water partition coefficient (Wildman–Crippen LogP) is 2.50. The van der Waals surface area contributed by atoms with E-state index in [1.165, 1.54) is 13.0 Å². The molecule has 17 heavy (non-hydrogen) atoms. The molecule has 0 saturated carbocycles. The second kappa shape index (κ2) is 6.64. The Morgan fingerprint density at radius 2 is 2.12 bits per heavy atom. The van der Waals surface area contributed by atoms with E-state index in [0.29, 0.717) is 18.5 Å². The lowest BCUT2D eigenvalue weighted by molar-refractivity contribution is -0.118. The Labute approximate surface area is 99.0 Å². The number of benzene rings is 1. The van der Waals surface area contributed by atoms with Crippen molar-refractivity contribution in [3.8, 4) is 11.8 Å². The number of amides is 1. The number of rotatable bonds is 3. The first-order chi connectivity index (χ1) is 8.11. The van der Waals surface area contributed by atoms with Gasteiger partial charge in [-0.25, -0.2) is 8.78 Å². The Hall–Kier alpha value is -1.89. The summed E-state index contributed by atoms with van der Waals surface area (Å²) < 4.78 is 25.2. The van der Waals surface area contributed by atoms with Crippen LogP contribution in [-0.4, -0.2) is 12.5 Å². The summed E-state index contributed by atoms with van der Waals surface area (Å²) in [5.74, 6) is 5.32. The van der Waals surface area contributed by atoms with Gasteiger partial charge >= 0.3 is 0 Å². The fraction of sp³-hybridized carbons (Fsp3) is 0.308. The van der Waals surface area contributed by atoms with Crippen LogP contribution in [0.25, 0.3) is 0 Å². The number of hydrogen-bond donors (Lipinski definition) is 1. The molecule has 0 aliphatic carbocycles. The van der Waals surface area contributed by atoms with Gasteiger partial charge in [-0.2, -0.15) is 0 Å². The molecule has 0 heterocycles.